The van der Waals surface area contributed by atoms with Crippen molar-refractivity contribution in [3.63, 3.8) is 0 Å². The number of imidazole rings is 1. The van der Waals surface area contributed by atoms with Crippen molar-refractivity contribution in [1.82, 2.24) is 20.2 Å². The number of aromatic nitrogens is 2. The molecule has 2 rings (SSSR count). The van der Waals surface area contributed by atoms with Crippen LogP contribution in [0.3, 0.4) is 0 Å². The fourth-order valence-corrected chi connectivity index (χ4v) is 1.62. The molecular formula is C11H20IN5. The van der Waals surface area contributed by atoms with Crippen molar-refractivity contribution in [2.75, 3.05) is 7.05 Å². The Hall–Kier alpha value is -0.790. The Kier molecular flexibility index (Phi) is 5.23. The predicted molar refractivity (Wildman–Crippen MR) is 79.5 cm³/mol. The van der Waals surface area contributed by atoms with Gasteiger partial charge < -0.3 is 15.2 Å². The summed E-state index contributed by atoms with van der Waals surface area (Å²) in [7, 11) is 3.78. The summed E-state index contributed by atoms with van der Waals surface area (Å²) in [4.78, 5) is 8.44. The van der Waals surface area contributed by atoms with Crippen molar-refractivity contribution < 1.29 is 0 Å². The lowest BCUT2D eigenvalue weighted by atomic mass is 10.5. The first-order valence-electron chi connectivity index (χ1n) is 5.64. The second-order valence-corrected chi connectivity index (χ2v) is 4.34. The highest BCUT2D eigenvalue weighted by atomic mass is 127. The first-order valence-corrected chi connectivity index (χ1v) is 5.64. The second kappa shape index (κ2) is 6.23. The maximum atomic E-state index is 4.25. The van der Waals surface area contributed by atoms with Gasteiger partial charge in [-0.1, -0.05) is 6.92 Å². The number of halogens is 1. The molecule has 17 heavy (non-hydrogen) atoms. The van der Waals surface area contributed by atoms with E-state index in [0.717, 1.165) is 17.7 Å². The molecule has 1 aromatic heterocycles. The number of hydrogen-bond acceptors (Lipinski definition) is 2. The Labute approximate surface area is 119 Å². The number of nitrogens with zero attached hydrogens (tertiary/aromatic N) is 3. The minimum Gasteiger partial charge on any atom is -0.353 e. The molecule has 5 nitrogen and oxygen atoms in total. The molecule has 1 aromatic rings. The van der Waals surface area contributed by atoms with Gasteiger partial charge in [0, 0.05) is 32.5 Å². The molecule has 0 aromatic carbocycles. The molecule has 2 unspecified atom stereocenters. The fraction of sp³-hybridized carbons (Fsp3) is 0.636. The SMILES string of the molecule is CN=C(NCc1nccn1C)NC1CC1C.I. The van der Waals surface area contributed by atoms with Gasteiger partial charge in [-0.05, 0) is 12.3 Å². The van der Waals surface area contributed by atoms with Gasteiger partial charge in [-0.3, -0.25) is 4.99 Å². The molecule has 2 atom stereocenters. The van der Waals surface area contributed by atoms with Crippen LogP contribution < -0.4 is 10.6 Å². The monoisotopic (exact) mass is 349 g/mol. The van der Waals surface area contributed by atoms with Crippen molar-refractivity contribution in [3.8, 4) is 0 Å². The highest BCUT2D eigenvalue weighted by molar-refractivity contribution is 14.0. The van der Waals surface area contributed by atoms with E-state index in [-0.39, 0.29) is 24.0 Å². The molecule has 2 N–H and O–H groups in total. The van der Waals surface area contributed by atoms with E-state index in [1.54, 1.807) is 13.2 Å². The van der Waals surface area contributed by atoms with Gasteiger partial charge in [0.05, 0.1) is 6.54 Å². The number of hydrogen-bond donors (Lipinski definition) is 2. The molecule has 0 saturated heterocycles. The maximum Gasteiger partial charge on any atom is 0.191 e. The maximum absolute atomic E-state index is 4.25. The van der Waals surface area contributed by atoms with Crippen LogP contribution in [0.25, 0.3) is 0 Å². The summed E-state index contributed by atoms with van der Waals surface area (Å²) in [6, 6.07) is 0.590. The smallest absolute Gasteiger partial charge is 0.191 e. The minimum absolute atomic E-state index is 0. The predicted octanol–water partition coefficient (Wildman–Crippen LogP) is 1.11. The van der Waals surface area contributed by atoms with Gasteiger partial charge in [-0.15, -0.1) is 24.0 Å². The number of aliphatic imine (C=N–C) groups is 1. The van der Waals surface area contributed by atoms with Gasteiger partial charge in [0.25, 0.3) is 0 Å². The summed E-state index contributed by atoms with van der Waals surface area (Å²) >= 11 is 0. The third kappa shape index (κ3) is 3.86. The van der Waals surface area contributed by atoms with Crippen LogP contribution >= 0.6 is 24.0 Å². The van der Waals surface area contributed by atoms with Crippen molar-refractivity contribution in [2.45, 2.75) is 25.9 Å². The molecule has 0 amide bonds. The molecule has 0 spiro atoms. The lowest BCUT2D eigenvalue weighted by Crippen LogP contribution is -2.39. The molecule has 0 bridgehead atoms. The number of rotatable bonds is 3. The zero-order chi connectivity index (χ0) is 11.5. The zero-order valence-corrected chi connectivity index (χ0v) is 12.8. The molecule has 1 aliphatic carbocycles. The van der Waals surface area contributed by atoms with E-state index in [2.05, 4.69) is 27.5 Å². The van der Waals surface area contributed by atoms with Crippen LogP contribution in [0.4, 0.5) is 0 Å². The number of aryl methyl sites for hydroxylation is 1. The van der Waals surface area contributed by atoms with E-state index < -0.39 is 0 Å². The Balaban J connectivity index is 0.00000144. The average Bonchev–Trinajstić information content (AvgIpc) is 2.79. The molecule has 96 valence electrons. The van der Waals surface area contributed by atoms with E-state index in [4.69, 9.17) is 0 Å². The molecule has 1 saturated carbocycles. The molecule has 0 radical (unpaired) electrons. The quantitative estimate of drug-likeness (QED) is 0.488. The Morgan fingerprint density at radius 3 is 2.82 bits per heavy atom. The van der Waals surface area contributed by atoms with E-state index >= 15 is 0 Å². The van der Waals surface area contributed by atoms with Crippen LogP contribution in [0.1, 0.15) is 19.2 Å². The summed E-state index contributed by atoms with van der Waals surface area (Å²) in [6.07, 6.45) is 4.98. The van der Waals surface area contributed by atoms with Crippen LogP contribution in [0.5, 0.6) is 0 Å². The molecular weight excluding hydrogens is 329 g/mol. The minimum atomic E-state index is 0. The first kappa shape index (κ1) is 14.3. The van der Waals surface area contributed by atoms with E-state index in [0.29, 0.717) is 12.6 Å². The van der Waals surface area contributed by atoms with Crippen molar-refractivity contribution in [2.24, 2.45) is 18.0 Å². The fourth-order valence-electron chi connectivity index (χ4n) is 1.62. The van der Waals surface area contributed by atoms with Crippen LogP contribution in [0, 0.1) is 5.92 Å². The van der Waals surface area contributed by atoms with E-state index in [1.807, 2.05) is 17.8 Å². The van der Waals surface area contributed by atoms with Gasteiger partial charge >= 0.3 is 0 Å². The molecule has 1 heterocycles. The number of nitrogens with one attached hydrogen (secondary N) is 2. The molecule has 0 aliphatic heterocycles. The zero-order valence-electron chi connectivity index (χ0n) is 10.5. The Bertz CT molecular complexity index is 387. The van der Waals surface area contributed by atoms with Crippen molar-refractivity contribution >= 4 is 29.9 Å². The Morgan fingerprint density at radius 2 is 2.35 bits per heavy atom. The number of guanidine groups is 1. The lowest BCUT2D eigenvalue weighted by molar-refractivity contribution is 0.715. The highest BCUT2D eigenvalue weighted by Crippen LogP contribution is 2.28. The average molecular weight is 349 g/mol. The Morgan fingerprint density at radius 1 is 1.65 bits per heavy atom. The van der Waals surface area contributed by atoms with Gasteiger partial charge in [0.15, 0.2) is 5.96 Å². The van der Waals surface area contributed by atoms with E-state index in [9.17, 15) is 0 Å². The summed E-state index contributed by atoms with van der Waals surface area (Å²) in [5, 5.41) is 6.63. The van der Waals surface area contributed by atoms with E-state index in [1.165, 1.54) is 6.42 Å². The highest BCUT2D eigenvalue weighted by Gasteiger charge is 2.33. The van der Waals surface area contributed by atoms with Gasteiger partial charge in [0.1, 0.15) is 5.82 Å². The van der Waals surface area contributed by atoms with Gasteiger partial charge in [-0.25, -0.2) is 4.98 Å². The standard InChI is InChI=1S/C11H19N5.HI/c1-8-6-9(8)15-11(12-2)14-7-10-13-4-5-16(10)3;/h4-5,8-9H,6-7H2,1-3H3,(H2,12,14,15);1H. The van der Waals surface area contributed by atoms with Crippen LogP contribution in [-0.2, 0) is 13.6 Å². The largest absolute Gasteiger partial charge is 0.353 e. The lowest BCUT2D eigenvalue weighted by Gasteiger charge is -2.11. The van der Waals surface area contributed by atoms with Gasteiger partial charge in [-0.2, -0.15) is 0 Å². The third-order valence-electron chi connectivity index (χ3n) is 2.99. The van der Waals surface area contributed by atoms with Crippen molar-refractivity contribution in [3.05, 3.63) is 18.2 Å². The van der Waals surface area contributed by atoms with Crippen LogP contribution in [0.2, 0.25) is 0 Å². The second-order valence-electron chi connectivity index (χ2n) is 4.34. The molecule has 1 fully saturated rings. The third-order valence-corrected chi connectivity index (χ3v) is 2.99. The topological polar surface area (TPSA) is 54.2 Å². The summed E-state index contributed by atoms with van der Waals surface area (Å²) in [6.45, 7) is 2.94. The summed E-state index contributed by atoms with van der Waals surface area (Å²) in [5.41, 5.74) is 0. The van der Waals surface area contributed by atoms with Crippen LogP contribution in [0.15, 0.2) is 17.4 Å². The summed E-state index contributed by atoms with van der Waals surface area (Å²) < 4.78 is 2.00. The first-order chi connectivity index (χ1) is 7.70. The van der Waals surface area contributed by atoms with Crippen molar-refractivity contribution in [1.29, 1.82) is 0 Å². The molecule has 6 heteroatoms. The summed E-state index contributed by atoms with van der Waals surface area (Å²) in [5.74, 6) is 2.64. The van der Waals surface area contributed by atoms with Gasteiger partial charge in [0.2, 0.25) is 0 Å². The van der Waals surface area contributed by atoms with Crippen LogP contribution in [-0.4, -0.2) is 28.6 Å². The molecule has 1 aliphatic rings. The normalized spacial score (nSPS) is 22.9.